The summed E-state index contributed by atoms with van der Waals surface area (Å²) in [5.41, 5.74) is 3.33. The number of nitrogens with one attached hydrogen (secondary N) is 2. The van der Waals surface area contributed by atoms with Crippen LogP contribution in [0, 0.1) is 5.41 Å². The number of benzene rings is 2. The Kier molecular flexibility index (Phi) is 6.65. The molecular weight excluding hydrogens is 424 g/mol. The van der Waals surface area contributed by atoms with Gasteiger partial charge in [-0.15, -0.1) is 0 Å². The van der Waals surface area contributed by atoms with Crippen LogP contribution in [0.4, 0.5) is 4.79 Å². The van der Waals surface area contributed by atoms with E-state index in [0.29, 0.717) is 19.4 Å². The zero-order valence-corrected chi connectivity index (χ0v) is 18.5. The first-order valence-corrected chi connectivity index (χ1v) is 11.1. The number of amides is 2. The number of ether oxygens (including phenoxy) is 2. The lowest BCUT2D eigenvalue weighted by molar-refractivity contribution is -0.157. The molecule has 2 aliphatic rings. The summed E-state index contributed by atoms with van der Waals surface area (Å²) in [7, 11) is 0. The molecule has 33 heavy (non-hydrogen) atoms. The van der Waals surface area contributed by atoms with Gasteiger partial charge >= 0.3 is 12.1 Å². The van der Waals surface area contributed by atoms with Gasteiger partial charge in [0.15, 0.2) is 0 Å². The van der Waals surface area contributed by atoms with Gasteiger partial charge < -0.3 is 25.2 Å². The second-order valence-corrected chi connectivity index (χ2v) is 8.65. The summed E-state index contributed by atoms with van der Waals surface area (Å²) in [5.74, 6) is -1.55. The van der Waals surface area contributed by atoms with Gasteiger partial charge in [-0.25, -0.2) is 4.79 Å². The standard InChI is InChI=1S/C25H28N2O6/c1-16(22(28)26-14-25(23(29)30)11-6-12-32-15-25)27-24(31)33-13-21-19-9-4-2-7-17(19)18-8-3-5-10-20(18)21/h2-5,7-10,16,21H,6,11-15H2,1H3,(H,26,28)(H,27,31)(H,29,30). The predicted octanol–water partition coefficient (Wildman–Crippen LogP) is 2.91. The largest absolute Gasteiger partial charge is 0.481 e. The van der Waals surface area contributed by atoms with E-state index in [2.05, 4.69) is 22.8 Å². The van der Waals surface area contributed by atoms with Gasteiger partial charge in [-0.3, -0.25) is 9.59 Å². The number of alkyl carbamates (subject to hydrolysis) is 1. The number of carboxylic acids is 1. The van der Waals surface area contributed by atoms with Gasteiger partial charge in [-0.1, -0.05) is 48.5 Å². The van der Waals surface area contributed by atoms with Crippen molar-refractivity contribution in [2.45, 2.75) is 31.7 Å². The zero-order valence-electron chi connectivity index (χ0n) is 18.5. The van der Waals surface area contributed by atoms with Crippen molar-refractivity contribution in [3.05, 3.63) is 59.7 Å². The highest BCUT2D eigenvalue weighted by atomic mass is 16.5. The predicted molar refractivity (Wildman–Crippen MR) is 121 cm³/mol. The lowest BCUT2D eigenvalue weighted by Crippen LogP contribution is -2.52. The molecule has 2 amide bonds. The maximum atomic E-state index is 12.5. The van der Waals surface area contributed by atoms with E-state index in [1.165, 1.54) is 6.92 Å². The van der Waals surface area contributed by atoms with Crippen LogP contribution in [0.25, 0.3) is 11.1 Å². The Morgan fingerprint density at radius 2 is 1.76 bits per heavy atom. The molecule has 1 heterocycles. The van der Waals surface area contributed by atoms with Crippen LogP contribution in [0.5, 0.6) is 0 Å². The van der Waals surface area contributed by atoms with E-state index in [4.69, 9.17) is 9.47 Å². The van der Waals surface area contributed by atoms with Crippen LogP contribution in [0.15, 0.2) is 48.5 Å². The number of hydrogen-bond acceptors (Lipinski definition) is 5. The van der Waals surface area contributed by atoms with E-state index in [-0.39, 0.29) is 25.7 Å². The van der Waals surface area contributed by atoms with Crippen molar-refractivity contribution in [1.82, 2.24) is 10.6 Å². The number of rotatable bonds is 7. The molecule has 0 radical (unpaired) electrons. The zero-order chi connectivity index (χ0) is 23.4. The molecule has 8 nitrogen and oxygen atoms in total. The summed E-state index contributed by atoms with van der Waals surface area (Å²) in [6.45, 7) is 2.19. The molecule has 3 N–H and O–H groups in total. The maximum absolute atomic E-state index is 12.5. The number of carbonyl (C=O) groups is 3. The number of hydrogen-bond donors (Lipinski definition) is 3. The van der Waals surface area contributed by atoms with Crippen molar-refractivity contribution in [2.24, 2.45) is 5.41 Å². The molecule has 2 aromatic rings. The highest BCUT2D eigenvalue weighted by molar-refractivity contribution is 5.86. The molecule has 0 aromatic heterocycles. The minimum atomic E-state index is -1.14. The molecule has 1 aliphatic carbocycles. The number of aliphatic carboxylic acids is 1. The minimum Gasteiger partial charge on any atom is -0.481 e. The first-order chi connectivity index (χ1) is 15.9. The van der Waals surface area contributed by atoms with Crippen LogP contribution < -0.4 is 10.6 Å². The van der Waals surface area contributed by atoms with Crippen molar-refractivity contribution in [3.63, 3.8) is 0 Å². The molecule has 174 valence electrons. The normalized spacial score (nSPS) is 20.3. The molecule has 1 fully saturated rings. The molecule has 0 saturated carbocycles. The molecular formula is C25H28N2O6. The Bertz CT molecular complexity index is 1000. The molecule has 8 heteroatoms. The fraction of sp³-hybridized carbons (Fsp3) is 0.400. The van der Waals surface area contributed by atoms with Crippen LogP contribution in [0.1, 0.15) is 36.8 Å². The Labute approximate surface area is 192 Å². The molecule has 0 spiro atoms. The van der Waals surface area contributed by atoms with Gasteiger partial charge in [0, 0.05) is 19.1 Å². The Hall–Kier alpha value is -3.39. The van der Waals surface area contributed by atoms with E-state index in [9.17, 15) is 19.5 Å². The first kappa shape index (κ1) is 22.8. The van der Waals surface area contributed by atoms with Crippen molar-refractivity contribution >= 4 is 18.0 Å². The summed E-state index contributed by atoms with van der Waals surface area (Å²) in [5, 5.41) is 14.7. The number of fused-ring (bicyclic) bond motifs is 3. The smallest absolute Gasteiger partial charge is 0.407 e. The van der Waals surface area contributed by atoms with Crippen LogP contribution in [-0.4, -0.2) is 55.5 Å². The third-order valence-corrected chi connectivity index (χ3v) is 6.45. The van der Waals surface area contributed by atoms with Gasteiger partial charge in [-0.2, -0.15) is 0 Å². The van der Waals surface area contributed by atoms with Gasteiger partial charge in [0.1, 0.15) is 18.1 Å². The second-order valence-electron chi connectivity index (χ2n) is 8.65. The van der Waals surface area contributed by atoms with E-state index in [0.717, 1.165) is 22.3 Å². The van der Waals surface area contributed by atoms with Crippen molar-refractivity contribution < 1.29 is 29.0 Å². The molecule has 0 bridgehead atoms. The van der Waals surface area contributed by atoms with E-state index < -0.39 is 29.4 Å². The van der Waals surface area contributed by atoms with E-state index in [1.54, 1.807) is 0 Å². The van der Waals surface area contributed by atoms with Crippen LogP contribution in [0.3, 0.4) is 0 Å². The summed E-state index contributed by atoms with van der Waals surface area (Å²) in [6, 6.07) is 15.2. The van der Waals surface area contributed by atoms with Gasteiger partial charge in [0.25, 0.3) is 0 Å². The van der Waals surface area contributed by atoms with Crippen molar-refractivity contribution in [3.8, 4) is 11.1 Å². The van der Waals surface area contributed by atoms with Gasteiger partial charge in [0.2, 0.25) is 5.91 Å². The molecule has 2 unspecified atom stereocenters. The first-order valence-electron chi connectivity index (χ1n) is 11.1. The quantitative estimate of drug-likeness (QED) is 0.595. The topological polar surface area (TPSA) is 114 Å². The molecule has 2 aromatic carbocycles. The molecule has 4 rings (SSSR count). The van der Waals surface area contributed by atoms with Gasteiger partial charge in [-0.05, 0) is 42.0 Å². The van der Waals surface area contributed by atoms with E-state index >= 15 is 0 Å². The summed E-state index contributed by atoms with van der Waals surface area (Å²) < 4.78 is 10.8. The summed E-state index contributed by atoms with van der Waals surface area (Å²) in [6.07, 6.45) is 0.348. The summed E-state index contributed by atoms with van der Waals surface area (Å²) in [4.78, 5) is 36.5. The third kappa shape index (κ3) is 4.71. The maximum Gasteiger partial charge on any atom is 0.407 e. The SMILES string of the molecule is CC(NC(=O)OCC1c2ccccc2-c2ccccc21)C(=O)NCC1(C(=O)O)CCCOC1. The Balaban J connectivity index is 1.31. The molecule has 1 aliphatic heterocycles. The third-order valence-electron chi connectivity index (χ3n) is 6.45. The number of carboxylic acid groups (broad SMARTS) is 1. The molecule has 1 saturated heterocycles. The number of carbonyl (C=O) groups excluding carboxylic acids is 2. The highest BCUT2D eigenvalue weighted by Crippen LogP contribution is 2.44. The van der Waals surface area contributed by atoms with Crippen molar-refractivity contribution in [2.75, 3.05) is 26.4 Å². The van der Waals surface area contributed by atoms with Crippen LogP contribution in [-0.2, 0) is 19.1 Å². The fourth-order valence-corrected chi connectivity index (χ4v) is 4.53. The lowest BCUT2D eigenvalue weighted by Gasteiger charge is -2.33. The van der Waals surface area contributed by atoms with Crippen molar-refractivity contribution in [1.29, 1.82) is 0 Å². The van der Waals surface area contributed by atoms with Crippen LogP contribution in [0.2, 0.25) is 0 Å². The molecule has 2 atom stereocenters. The highest BCUT2D eigenvalue weighted by Gasteiger charge is 2.41. The summed E-state index contributed by atoms with van der Waals surface area (Å²) >= 11 is 0. The van der Waals surface area contributed by atoms with Crippen LogP contribution >= 0.6 is 0 Å². The average molecular weight is 453 g/mol. The lowest BCUT2D eigenvalue weighted by atomic mass is 9.82. The average Bonchev–Trinajstić information content (AvgIpc) is 3.15. The Morgan fingerprint density at radius 1 is 1.12 bits per heavy atom. The Morgan fingerprint density at radius 3 is 2.33 bits per heavy atom. The monoisotopic (exact) mass is 452 g/mol. The minimum absolute atomic E-state index is 0.0524. The van der Waals surface area contributed by atoms with E-state index in [1.807, 2.05) is 36.4 Å². The van der Waals surface area contributed by atoms with Gasteiger partial charge in [0.05, 0.1) is 6.61 Å². The fourth-order valence-electron chi connectivity index (χ4n) is 4.53. The second kappa shape index (κ2) is 9.62.